The summed E-state index contributed by atoms with van der Waals surface area (Å²) < 4.78 is 7.09. The Morgan fingerprint density at radius 3 is 2.40 bits per heavy atom. The second-order valence-electron chi connectivity index (χ2n) is 5.83. The second kappa shape index (κ2) is 7.77. The normalized spacial score (nSPS) is 11.0. The van der Waals surface area contributed by atoms with Crippen LogP contribution in [0, 0.1) is 13.8 Å². The first-order chi connectivity index (χ1) is 11.6. The maximum Gasteiger partial charge on any atom is 0.358 e. The van der Waals surface area contributed by atoms with E-state index in [2.05, 4.69) is 4.98 Å². The first-order valence-electron chi connectivity index (χ1n) is 7.53. The molecular weight excluding hydrogens is 387 g/mol. The van der Waals surface area contributed by atoms with Crippen molar-refractivity contribution in [2.45, 2.75) is 33.7 Å². The van der Waals surface area contributed by atoms with Crippen LogP contribution < -0.4 is 0 Å². The summed E-state index contributed by atoms with van der Waals surface area (Å²) in [7, 11) is 0. The Balaban J connectivity index is 2.14. The van der Waals surface area contributed by atoms with Gasteiger partial charge in [0.15, 0.2) is 12.3 Å². The summed E-state index contributed by atoms with van der Waals surface area (Å²) in [5, 5.41) is 0.0297. The van der Waals surface area contributed by atoms with E-state index in [4.69, 9.17) is 39.5 Å². The van der Waals surface area contributed by atoms with Crippen LogP contribution in [-0.2, 0) is 4.74 Å². The van der Waals surface area contributed by atoms with Crippen molar-refractivity contribution in [3.63, 3.8) is 0 Å². The van der Waals surface area contributed by atoms with Gasteiger partial charge < -0.3 is 9.30 Å². The van der Waals surface area contributed by atoms with Gasteiger partial charge in [-0.2, -0.15) is 0 Å². The smallest absolute Gasteiger partial charge is 0.358 e. The van der Waals surface area contributed by atoms with E-state index < -0.39 is 12.6 Å². The van der Waals surface area contributed by atoms with Crippen LogP contribution in [0.15, 0.2) is 12.3 Å². The molecule has 2 rings (SSSR count). The molecule has 0 aliphatic carbocycles. The predicted molar refractivity (Wildman–Crippen MR) is 98.2 cm³/mol. The van der Waals surface area contributed by atoms with Crippen LogP contribution in [0.25, 0.3) is 0 Å². The lowest BCUT2D eigenvalue weighted by Gasteiger charge is -2.13. The molecule has 0 aliphatic rings. The number of ketones is 1. The maximum atomic E-state index is 12.4. The standard InChI is InChI=1S/C17H17Cl3N2O3/c1-8(2)22-9(3)5-11(10(22)4)13(23)7-25-17(24)16-15(20)14(19)12(18)6-21-16/h5-6,8H,7H2,1-4H3. The fraction of sp³-hybridized carbons (Fsp3) is 0.353. The Morgan fingerprint density at radius 1 is 1.20 bits per heavy atom. The molecule has 0 aliphatic heterocycles. The van der Waals surface area contributed by atoms with Gasteiger partial charge in [-0.25, -0.2) is 9.78 Å². The number of rotatable bonds is 5. The number of pyridine rings is 1. The van der Waals surface area contributed by atoms with Crippen molar-refractivity contribution in [2.75, 3.05) is 6.61 Å². The molecule has 2 heterocycles. The summed E-state index contributed by atoms with van der Waals surface area (Å²) in [6.07, 6.45) is 1.20. The Bertz CT molecular complexity index is 844. The van der Waals surface area contributed by atoms with Crippen molar-refractivity contribution in [2.24, 2.45) is 0 Å². The van der Waals surface area contributed by atoms with Gasteiger partial charge in [0.25, 0.3) is 0 Å². The molecule has 5 nitrogen and oxygen atoms in total. The van der Waals surface area contributed by atoms with Crippen LogP contribution in [0.1, 0.15) is 52.1 Å². The fourth-order valence-electron chi connectivity index (χ4n) is 2.72. The highest BCUT2D eigenvalue weighted by molar-refractivity contribution is 6.48. The summed E-state index contributed by atoms with van der Waals surface area (Å²) in [5.74, 6) is -1.14. The second-order valence-corrected chi connectivity index (χ2v) is 6.99. The van der Waals surface area contributed by atoms with Gasteiger partial charge in [0.2, 0.25) is 5.78 Å². The van der Waals surface area contributed by atoms with E-state index in [-0.39, 0.29) is 32.6 Å². The quantitative estimate of drug-likeness (QED) is 0.516. The van der Waals surface area contributed by atoms with Crippen LogP contribution in [0.5, 0.6) is 0 Å². The topological polar surface area (TPSA) is 61.2 Å². The molecule has 0 atom stereocenters. The van der Waals surface area contributed by atoms with E-state index in [1.54, 1.807) is 6.07 Å². The average molecular weight is 404 g/mol. The summed E-state index contributed by atoms with van der Waals surface area (Å²) in [4.78, 5) is 28.3. The number of hydrogen-bond donors (Lipinski definition) is 0. The van der Waals surface area contributed by atoms with Crippen LogP contribution in [0.4, 0.5) is 0 Å². The van der Waals surface area contributed by atoms with Gasteiger partial charge in [0.1, 0.15) is 0 Å². The Hall–Kier alpha value is -1.56. The number of Topliss-reactive ketones (excluding diaryl/α,β-unsaturated/α-hetero) is 1. The molecule has 2 aromatic rings. The van der Waals surface area contributed by atoms with Gasteiger partial charge in [-0.15, -0.1) is 0 Å². The molecule has 0 unspecified atom stereocenters. The third kappa shape index (κ3) is 4.00. The van der Waals surface area contributed by atoms with E-state index in [0.29, 0.717) is 5.56 Å². The third-order valence-electron chi connectivity index (χ3n) is 3.75. The number of carbonyl (C=O) groups is 2. The molecular formula is C17H17Cl3N2O3. The van der Waals surface area contributed by atoms with Gasteiger partial charge in [0, 0.05) is 29.2 Å². The molecule has 0 aromatic carbocycles. The van der Waals surface area contributed by atoms with Gasteiger partial charge >= 0.3 is 5.97 Å². The van der Waals surface area contributed by atoms with Gasteiger partial charge in [0.05, 0.1) is 15.1 Å². The van der Waals surface area contributed by atoms with Crippen molar-refractivity contribution in [3.05, 3.63) is 50.0 Å². The summed E-state index contributed by atoms with van der Waals surface area (Å²) in [5.41, 5.74) is 2.14. The zero-order valence-corrected chi connectivity index (χ0v) is 16.5. The lowest BCUT2D eigenvalue weighted by molar-refractivity contribution is 0.0469. The largest absolute Gasteiger partial charge is 0.453 e. The number of ether oxygens (including phenoxy) is 1. The number of nitrogens with zero attached hydrogens (tertiary/aromatic N) is 2. The fourth-order valence-corrected chi connectivity index (χ4v) is 3.27. The highest BCUT2D eigenvalue weighted by atomic mass is 35.5. The molecule has 0 saturated heterocycles. The summed E-state index contributed by atoms with van der Waals surface area (Å²) in [6.45, 7) is 7.44. The van der Waals surface area contributed by atoms with Crippen molar-refractivity contribution in [1.29, 1.82) is 0 Å². The number of hydrogen-bond acceptors (Lipinski definition) is 4. The van der Waals surface area contributed by atoms with Crippen LogP contribution in [0.3, 0.4) is 0 Å². The van der Waals surface area contributed by atoms with Crippen molar-refractivity contribution in [1.82, 2.24) is 9.55 Å². The van der Waals surface area contributed by atoms with Crippen LogP contribution in [0.2, 0.25) is 15.1 Å². The molecule has 0 spiro atoms. The molecule has 2 aromatic heterocycles. The minimum atomic E-state index is -0.838. The van der Waals surface area contributed by atoms with Crippen molar-refractivity contribution >= 4 is 46.6 Å². The Labute approximate surface area is 160 Å². The van der Waals surface area contributed by atoms with E-state index in [9.17, 15) is 9.59 Å². The molecule has 0 N–H and O–H groups in total. The van der Waals surface area contributed by atoms with Crippen LogP contribution in [-0.4, -0.2) is 27.9 Å². The summed E-state index contributed by atoms with van der Waals surface area (Å²) in [6, 6.07) is 2.01. The minimum Gasteiger partial charge on any atom is -0.453 e. The summed E-state index contributed by atoms with van der Waals surface area (Å²) >= 11 is 17.6. The highest BCUT2D eigenvalue weighted by Gasteiger charge is 2.22. The first kappa shape index (κ1) is 19.8. The lowest BCUT2D eigenvalue weighted by Crippen LogP contribution is -2.16. The zero-order valence-electron chi connectivity index (χ0n) is 14.2. The minimum absolute atomic E-state index is 0.0112. The predicted octanol–water partition coefficient (Wildman–Crippen LogP) is 5.08. The van der Waals surface area contributed by atoms with Crippen LogP contribution >= 0.6 is 34.8 Å². The van der Waals surface area contributed by atoms with E-state index >= 15 is 0 Å². The van der Waals surface area contributed by atoms with E-state index in [0.717, 1.165) is 11.4 Å². The Morgan fingerprint density at radius 2 is 1.84 bits per heavy atom. The molecule has 0 saturated carbocycles. The van der Waals surface area contributed by atoms with Crippen molar-refractivity contribution < 1.29 is 14.3 Å². The number of aromatic nitrogens is 2. The highest BCUT2D eigenvalue weighted by Crippen LogP contribution is 2.31. The average Bonchev–Trinajstić information content (AvgIpc) is 2.85. The molecule has 8 heteroatoms. The monoisotopic (exact) mass is 402 g/mol. The molecule has 0 amide bonds. The molecule has 0 bridgehead atoms. The molecule has 0 radical (unpaired) electrons. The van der Waals surface area contributed by atoms with Gasteiger partial charge in [-0.3, -0.25) is 4.79 Å². The molecule has 134 valence electrons. The SMILES string of the molecule is Cc1cc(C(=O)COC(=O)c2ncc(Cl)c(Cl)c2Cl)c(C)n1C(C)C. The maximum absolute atomic E-state index is 12.4. The van der Waals surface area contributed by atoms with Crippen molar-refractivity contribution in [3.8, 4) is 0 Å². The Kier molecular flexibility index (Phi) is 6.14. The van der Waals surface area contributed by atoms with E-state index in [1.807, 2.05) is 32.3 Å². The molecule has 25 heavy (non-hydrogen) atoms. The lowest BCUT2D eigenvalue weighted by atomic mass is 10.1. The zero-order chi connectivity index (χ0) is 18.9. The van der Waals surface area contributed by atoms with E-state index in [1.165, 1.54) is 6.20 Å². The number of esters is 1. The molecule has 0 fully saturated rings. The van der Waals surface area contributed by atoms with Gasteiger partial charge in [-0.05, 0) is 33.8 Å². The van der Waals surface area contributed by atoms with Gasteiger partial charge in [-0.1, -0.05) is 34.8 Å². The third-order valence-corrected chi connectivity index (χ3v) is 4.99. The number of carbonyl (C=O) groups excluding carboxylic acids is 2. The number of halogens is 3. The number of aryl methyl sites for hydroxylation is 1. The first-order valence-corrected chi connectivity index (χ1v) is 8.66.